The molecule has 3 heteroatoms. The molecule has 0 unspecified atom stereocenters. The predicted molar refractivity (Wildman–Crippen MR) is 109 cm³/mol. The monoisotopic (exact) mass is 354 g/mol. The molecule has 134 valence electrons. The Hall–Kier alpha value is -3.04. The normalized spacial score (nSPS) is 19.0. The Morgan fingerprint density at radius 3 is 2.33 bits per heavy atom. The van der Waals surface area contributed by atoms with Gasteiger partial charge in [-0.2, -0.15) is 0 Å². The first-order chi connectivity index (χ1) is 13.3. The number of benzene rings is 3. The minimum absolute atomic E-state index is 0.183. The second-order valence-electron chi connectivity index (χ2n) is 7.08. The Morgan fingerprint density at radius 1 is 0.815 bits per heavy atom. The Bertz CT molecular complexity index is 1070. The van der Waals surface area contributed by atoms with Crippen LogP contribution in [0.15, 0.2) is 78.9 Å². The Balaban J connectivity index is 1.67. The zero-order valence-electron chi connectivity index (χ0n) is 15.3. The van der Waals surface area contributed by atoms with E-state index in [-0.39, 0.29) is 6.04 Å². The van der Waals surface area contributed by atoms with E-state index >= 15 is 0 Å². The van der Waals surface area contributed by atoms with Crippen LogP contribution in [-0.4, -0.2) is 18.6 Å². The highest BCUT2D eigenvalue weighted by Crippen LogP contribution is 2.41. The first-order valence-corrected chi connectivity index (χ1v) is 9.38. The number of aromatic amines is 1. The molecule has 2 atom stereocenters. The molecule has 2 N–H and O–H groups in total. The molecule has 0 spiro atoms. The van der Waals surface area contributed by atoms with Gasteiger partial charge in [0.1, 0.15) is 5.75 Å². The zero-order valence-corrected chi connectivity index (χ0v) is 15.3. The van der Waals surface area contributed by atoms with Gasteiger partial charge in [-0.15, -0.1) is 0 Å². The van der Waals surface area contributed by atoms with E-state index in [1.807, 2.05) is 12.1 Å². The van der Waals surface area contributed by atoms with Crippen LogP contribution in [0.2, 0.25) is 0 Å². The molecule has 4 aromatic rings. The smallest absolute Gasteiger partial charge is 0.118 e. The molecular weight excluding hydrogens is 332 g/mol. The lowest BCUT2D eigenvalue weighted by Crippen LogP contribution is -2.34. The minimum Gasteiger partial charge on any atom is -0.497 e. The molecule has 1 aromatic heterocycles. The Kier molecular flexibility index (Phi) is 3.95. The van der Waals surface area contributed by atoms with Crippen molar-refractivity contribution in [3.05, 3.63) is 101 Å². The summed E-state index contributed by atoms with van der Waals surface area (Å²) in [5.41, 5.74) is 6.47. The summed E-state index contributed by atoms with van der Waals surface area (Å²) in [4.78, 5) is 3.70. The van der Waals surface area contributed by atoms with Crippen LogP contribution in [0.25, 0.3) is 10.9 Å². The lowest BCUT2D eigenvalue weighted by Gasteiger charge is -2.31. The van der Waals surface area contributed by atoms with Gasteiger partial charge >= 0.3 is 0 Å². The molecule has 0 fully saturated rings. The van der Waals surface area contributed by atoms with Gasteiger partial charge in [-0.05, 0) is 34.9 Å². The van der Waals surface area contributed by atoms with Crippen LogP contribution in [0.1, 0.15) is 34.3 Å². The molecule has 3 nitrogen and oxygen atoms in total. The van der Waals surface area contributed by atoms with E-state index in [2.05, 4.69) is 77.0 Å². The van der Waals surface area contributed by atoms with Crippen molar-refractivity contribution in [1.82, 2.24) is 10.3 Å². The molecular formula is C24H22N2O. The fourth-order valence-corrected chi connectivity index (χ4v) is 4.28. The zero-order chi connectivity index (χ0) is 18.2. The van der Waals surface area contributed by atoms with Crippen LogP contribution in [0.4, 0.5) is 0 Å². The fourth-order valence-electron chi connectivity index (χ4n) is 4.28. The van der Waals surface area contributed by atoms with Crippen molar-refractivity contribution >= 4 is 10.9 Å². The molecule has 0 bridgehead atoms. The minimum atomic E-state index is 0.183. The van der Waals surface area contributed by atoms with Gasteiger partial charge in [0.05, 0.1) is 13.2 Å². The number of nitrogens with one attached hydrogen (secondary N) is 2. The molecule has 0 radical (unpaired) electrons. The highest BCUT2D eigenvalue weighted by Gasteiger charge is 2.32. The van der Waals surface area contributed by atoms with Gasteiger partial charge in [0.15, 0.2) is 0 Å². The number of para-hydroxylation sites is 1. The van der Waals surface area contributed by atoms with Crippen LogP contribution in [0, 0.1) is 0 Å². The van der Waals surface area contributed by atoms with E-state index in [0.717, 1.165) is 12.3 Å². The molecule has 0 saturated heterocycles. The van der Waals surface area contributed by atoms with Gasteiger partial charge in [0.2, 0.25) is 0 Å². The highest BCUT2D eigenvalue weighted by molar-refractivity contribution is 5.86. The van der Waals surface area contributed by atoms with E-state index in [0.29, 0.717) is 5.92 Å². The maximum atomic E-state index is 5.33. The van der Waals surface area contributed by atoms with Crippen molar-refractivity contribution in [1.29, 1.82) is 0 Å². The maximum Gasteiger partial charge on any atom is 0.118 e. The number of aromatic nitrogens is 1. The third-order valence-electron chi connectivity index (χ3n) is 5.59. The van der Waals surface area contributed by atoms with E-state index in [4.69, 9.17) is 4.74 Å². The van der Waals surface area contributed by atoms with Crippen LogP contribution >= 0.6 is 0 Å². The third-order valence-corrected chi connectivity index (χ3v) is 5.59. The van der Waals surface area contributed by atoms with Crippen molar-refractivity contribution < 1.29 is 4.74 Å². The van der Waals surface area contributed by atoms with Crippen molar-refractivity contribution in [2.45, 2.75) is 12.0 Å². The van der Waals surface area contributed by atoms with Crippen molar-refractivity contribution in [2.24, 2.45) is 0 Å². The van der Waals surface area contributed by atoms with E-state index < -0.39 is 0 Å². The SMILES string of the molecule is COc1ccc([C@H]2CN[C@H](c3ccccc3)c3[nH]c4ccccc4c32)cc1. The molecule has 1 aliphatic heterocycles. The second kappa shape index (κ2) is 6.60. The Morgan fingerprint density at radius 2 is 1.56 bits per heavy atom. The lowest BCUT2D eigenvalue weighted by atomic mass is 9.83. The molecule has 3 aromatic carbocycles. The van der Waals surface area contributed by atoms with Crippen LogP contribution in [0.3, 0.4) is 0 Å². The summed E-state index contributed by atoms with van der Waals surface area (Å²) in [6, 6.07) is 27.9. The number of hydrogen-bond acceptors (Lipinski definition) is 2. The number of fused-ring (bicyclic) bond motifs is 3. The van der Waals surface area contributed by atoms with Crippen molar-refractivity contribution in [3.63, 3.8) is 0 Å². The van der Waals surface area contributed by atoms with Gasteiger partial charge in [0.25, 0.3) is 0 Å². The summed E-state index contributed by atoms with van der Waals surface area (Å²) in [5, 5.41) is 5.08. The first kappa shape index (κ1) is 16.2. The second-order valence-corrected chi connectivity index (χ2v) is 7.08. The van der Waals surface area contributed by atoms with E-state index in [1.54, 1.807) is 7.11 Å². The third kappa shape index (κ3) is 2.71. The highest BCUT2D eigenvalue weighted by atomic mass is 16.5. The average molecular weight is 354 g/mol. The number of methoxy groups -OCH3 is 1. The molecule has 0 amide bonds. The summed E-state index contributed by atoms with van der Waals surface area (Å²) in [7, 11) is 1.71. The summed E-state index contributed by atoms with van der Waals surface area (Å²) in [5.74, 6) is 1.20. The molecule has 5 rings (SSSR count). The predicted octanol–water partition coefficient (Wildman–Crippen LogP) is 5.00. The van der Waals surface area contributed by atoms with Gasteiger partial charge in [-0.25, -0.2) is 0 Å². The van der Waals surface area contributed by atoms with Crippen LogP contribution < -0.4 is 10.1 Å². The Labute approximate surface area is 159 Å². The topological polar surface area (TPSA) is 37.0 Å². The largest absolute Gasteiger partial charge is 0.497 e. The standard InChI is InChI=1S/C24H22N2O/c1-27-18-13-11-16(12-14-18)20-15-25-23(17-7-3-2-4-8-17)24-22(20)19-9-5-6-10-21(19)26-24/h2-14,20,23,25-26H,15H2,1H3/t20-,23-/m1/s1. The number of ether oxygens (including phenoxy) is 1. The number of rotatable bonds is 3. The van der Waals surface area contributed by atoms with Crippen molar-refractivity contribution in [2.75, 3.05) is 13.7 Å². The van der Waals surface area contributed by atoms with Gasteiger partial charge in [0, 0.05) is 29.1 Å². The summed E-state index contributed by atoms with van der Waals surface area (Å²) >= 11 is 0. The van der Waals surface area contributed by atoms with E-state index in [9.17, 15) is 0 Å². The van der Waals surface area contributed by atoms with Gasteiger partial charge < -0.3 is 15.0 Å². The summed E-state index contributed by atoms with van der Waals surface area (Å²) < 4.78 is 5.33. The van der Waals surface area contributed by atoms with Gasteiger partial charge in [-0.1, -0.05) is 60.7 Å². The van der Waals surface area contributed by atoms with Gasteiger partial charge in [-0.3, -0.25) is 0 Å². The number of hydrogen-bond donors (Lipinski definition) is 2. The summed E-state index contributed by atoms with van der Waals surface area (Å²) in [6.45, 7) is 0.904. The molecule has 27 heavy (non-hydrogen) atoms. The first-order valence-electron chi connectivity index (χ1n) is 9.38. The lowest BCUT2D eigenvalue weighted by molar-refractivity contribution is 0.414. The molecule has 2 heterocycles. The molecule has 1 aliphatic rings. The summed E-state index contributed by atoms with van der Waals surface area (Å²) in [6.07, 6.45) is 0. The quantitative estimate of drug-likeness (QED) is 0.543. The molecule has 0 saturated carbocycles. The number of H-pyrrole nitrogens is 1. The van der Waals surface area contributed by atoms with Crippen LogP contribution in [0.5, 0.6) is 5.75 Å². The van der Waals surface area contributed by atoms with E-state index in [1.165, 1.54) is 33.3 Å². The maximum absolute atomic E-state index is 5.33. The van der Waals surface area contributed by atoms with Crippen molar-refractivity contribution in [3.8, 4) is 5.75 Å². The fraction of sp³-hybridized carbons (Fsp3) is 0.167. The average Bonchev–Trinajstić information content (AvgIpc) is 3.13. The molecule has 0 aliphatic carbocycles. The van der Waals surface area contributed by atoms with Crippen LogP contribution in [-0.2, 0) is 0 Å².